The Labute approximate surface area is 257 Å². The van der Waals surface area contributed by atoms with Crippen LogP contribution in [0.25, 0.3) is 0 Å². The number of amides is 1. The van der Waals surface area contributed by atoms with E-state index in [1.165, 1.54) is 0 Å². The van der Waals surface area contributed by atoms with Crippen LogP contribution in [0.15, 0.2) is 97.1 Å². The highest BCUT2D eigenvalue weighted by Gasteiger charge is 2.37. The van der Waals surface area contributed by atoms with E-state index in [-0.39, 0.29) is 43.8 Å². The average Bonchev–Trinajstić information content (AvgIpc) is 3.06. The number of aromatic hydroxyl groups is 1. The summed E-state index contributed by atoms with van der Waals surface area (Å²) in [5.41, 5.74) is 6.02. The number of nitrogens with zero attached hydrogens (tertiary/aromatic N) is 1. The number of fused-ring (bicyclic) bond motifs is 2. The third-order valence-corrected chi connectivity index (χ3v) is 8.59. The summed E-state index contributed by atoms with van der Waals surface area (Å²) in [7, 11) is 0. The van der Waals surface area contributed by atoms with Gasteiger partial charge in [-0.2, -0.15) is 0 Å². The molecule has 0 saturated heterocycles. The van der Waals surface area contributed by atoms with Crippen LogP contribution in [0.5, 0.6) is 5.75 Å². The summed E-state index contributed by atoms with van der Waals surface area (Å²) in [5, 5.41) is 9.98. The summed E-state index contributed by atoms with van der Waals surface area (Å²) in [6.07, 6.45) is 3.18. The molecule has 1 amide bonds. The summed E-state index contributed by atoms with van der Waals surface area (Å²) >= 11 is 0. The number of hydrogen-bond donors (Lipinski definition) is 1. The second-order valence-electron chi connectivity index (χ2n) is 11.6. The quantitative estimate of drug-likeness (QED) is 0.244. The van der Waals surface area contributed by atoms with Crippen molar-refractivity contribution in [2.45, 2.75) is 63.8 Å². The molecule has 6 rings (SSSR count). The van der Waals surface area contributed by atoms with Gasteiger partial charge in [0.2, 0.25) is 5.91 Å². The van der Waals surface area contributed by atoms with E-state index < -0.39 is 18.0 Å². The van der Waals surface area contributed by atoms with Gasteiger partial charge in [0.15, 0.2) is 0 Å². The van der Waals surface area contributed by atoms with Crippen LogP contribution in [0.1, 0.15) is 68.9 Å². The molecule has 0 aromatic heterocycles. The third-order valence-electron chi connectivity index (χ3n) is 8.59. The highest BCUT2D eigenvalue weighted by atomic mass is 16.5. The van der Waals surface area contributed by atoms with Crippen molar-refractivity contribution < 1.29 is 29.0 Å². The molecular weight excluding hydrogens is 554 g/mol. The molecule has 7 heteroatoms. The Morgan fingerprint density at radius 2 is 1.48 bits per heavy atom. The van der Waals surface area contributed by atoms with Gasteiger partial charge in [0.1, 0.15) is 25.0 Å². The number of ether oxygens (including phenoxy) is 2. The third kappa shape index (κ3) is 6.67. The fourth-order valence-corrected chi connectivity index (χ4v) is 6.26. The summed E-state index contributed by atoms with van der Waals surface area (Å²) in [6.45, 7) is 0.475. The molecule has 0 spiro atoms. The van der Waals surface area contributed by atoms with Crippen LogP contribution in [0.3, 0.4) is 0 Å². The molecule has 1 aliphatic carbocycles. The van der Waals surface area contributed by atoms with Crippen LogP contribution in [-0.2, 0) is 51.7 Å². The first-order valence-electron chi connectivity index (χ1n) is 15.1. The van der Waals surface area contributed by atoms with Crippen LogP contribution in [-0.4, -0.2) is 33.9 Å². The molecule has 4 aromatic rings. The van der Waals surface area contributed by atoms with E-state index in [0.29, 0.717) is 12.0 Å². The molecule has 1 unspecified atom stereocenters. The monoisotopic (exact) mass is 589 g/mol. The molecule has 44 heavy (non-hydrogen) atoms. The molecule has 7 nitrogen and oxygen atoms in total. The first kappa shape index (κ1) is 29.2. The van der Waals surface area contributed by atoms with E-state index in [0.717, 1.165) is 52.6 Å². The van der Waals surface area contributed by atoms with Crippen molar-refractivity contribution in [2.75, 3.05) is 0 Å². The molecule has 1 aliphatic heterocycles. The molecule has 2 aliphatic rings. The average molecular weight is 590 g/mol. The zero-order chi connectivity index (χ0) is 30.5. The maximum Gasteiger partial charge on any atom is 0.338 e. The largest absolute Gasteiger partial charge is 0.508 e. The fourth-order valence-electron chi connectivity index (χ4n) is 6.26. The van der Waals surface area contributed by atoms with E-state index in [4.69, 9.17) is 9.47 Å². The second-order valence-corrected chi connectivity index (χ2v) is 11.6. The summed E-state index contributed by atoms with van der Waals surface area (Å²) < 4.78 is 11.3. The number of carbonyl (C=O) groups is 3. The van der Waals surface area contributed by atoms with Crippen molar-refractivity contribution in [1.29, 1.82) is 0 Å². The van der Waals surface area contributed by atoms with Gasteiger partial charge in [0.25, 0.3) is 0 Å². The molecule has 1 heterocycles. The van der Waals surface area contributed by atoms with Gasteiger partial charge in [-0.3, -0.25) is 4.79 Å². The standard InChI is InChI=1S/C37H35NO6/c39-32-16-17-33-28(19-32)12-7-13-29(33)21-35(40)38-22-31-18-30(36(41)43-23-25-8-3-1-4-9-25)15-14-27(31)20-34(38)37(42)44-24-26-10-5-2-6-11-26/h1-6,8-11,14-19,29,34,39H,7,12-13,20-24H2/t29?,34-/m1/s1. The lowest BCUT2D eigenvalue weighted by Crippen LogP contribution is -2.49. The SMILES string of the molecule is O=C(OCc1ccccc1)c1ccc2c(c1)CN(C(=O)CC1CCCc3cc(O)ccc31)[C@@H](C(=O)OCc1ccccc1)C2. The number of phenols is 1. The van der Waals surface area contributed by atoms with Gasteiger partial charge < -0.3 is 19.5 Å². The maximum atomic E-state index is 14.0. The van der Waals surface area contributed by atoms with E-state index in [2.05, 4.69) is 0 Å². The number of aryl methyl sites for hydroxylation is 1. The maximum absolute atomic E-state index is 14.0. The smallest absolute Gasteiger partial charge is 0.338 e. The van der Waals surface area contributed by atoms with E-state index in [9.17, 15) is 19.5 Å². The van der Waals surface area contributed by atoms with Crippen molar-refractivity contribution in [2.24, 2.45) is 0 Å². The molecule has 4 aromatic carbocycles. The Kier molecular flexibility index (Phi) is 8.73. The Bertz CT molecular complexity index is 1650. The minimum Gasteiger partial charge on any atom is -0.508 e. The number of carbonyl (C=O) groups excluding carboxylic acids is 3. The van der Waals surface area contributed by atoms with Crippen LogP contribution in [0.4, 0.5) is 0 Å². The molecule has 0 fully saturated rings. The molecule has 0 radical (unpaired) electrons. The highest BCUT2D eigenvalue weighted by molar-refractivity contribution is 5.90. The Hall–Kier alpha value is -4.91. The van der Waals surface area contributed by atoms with Gasteiger partial charge in [0, 0.05) is 19.4 Å². The summed E-state index contributed by atoms with van der Waals surface area (Å²) in [6, 6.07) is 28.9. The van der Waals surface area contributed by atoms with Gasteiger partial charge in [-0.15, -0.1) is 0 Å². The number of esters is 2. The Morgan fingerprint density at radius 3 is 2.20 bits per heavy atom. The second kappa shape index (κ2) is 13.2. The molecule has 0 saturated carbocycles. The predicted octanol–water partition coefficient (Wildman–Crippen LogP) is 6.26. The van der Waals surface area contributed by atoms with E-state index in [1.807, 2.05) is 72.8 Å². The molecular formula is C37H35NO6. The lowest BCUT2D eigenvalue weighted by Gasteiger charge is -2.37. The van der Waals surface area contributed by atoms with Gasteiger partial charge in [-0.25, -0.2) is 9.59 Å². The van der Waals surface area contributed by atoms with Crippen molar-refractivity contribution in [1.82, 2.24) is 4.90 Å². The van der Waals surface area contributed by atoms with Crippen LogP contribution in [0, 0.1) is 0 Å². The van der Waals surface area contributed by atoms with Gasteiger partial charge in [0.05, 0.1) is 5.56 Å². The summed E-state index contributed by atoms with van der Waals surface area (Å²) in [5.74, 6) is -0.814. The lowest BCUT2D eigenvalue weighted by molar-refractivity contribution is -0.157. The minimum atomic E-state index is -0.780. The van der Waals surface area contributed by atoms with Crippen molar-refractivity contribution >= 4 is 17.8 Å². The first-order valence-corrected chi connectivity index (χ1v) is 15.1. The van der Waals surface area contributed by atoms with E-state index in [1.54, 1.807) is 29.2 Å². The summed E-state index contributed by atoms with van der Waals surface area (Å²) in [4.78, 5) is 42.0. The number of benzene rings is 4. The van der Waals surface area contributed by atoms with Gasteiger partial charge in [-0.1, -0.05) is 72.8 Å². The normalized spacial score (nSPS) is 17.2. The zero-order valence-corrected chi connectivity index (χ0v) is 24.5. The zero-order valence-electron chi connectivity index (χ0n) is 24.5. The molecule has 0 bridgehead atoms. The topological polar surface area (TPSA) is 93.1 Å². The Balaban J connectivity index is 1.22. The highest BCUT2D eigenvalue weighted by Crippen LogP contribution is 2.37. The minimum absolute atomic E-state index is 0.00599. The van der Waals surface area contributed by atoms with Crippen LogP contribution in [0.2, 0.25) is 0 Å². The number of phenolic OH excluding ortho intramolecular Hbond substituents is 1. The van der Waals surface area contributed by atoms with Crippen LogP contribution < -0.4 is 0 Å². The van der Waals surface area contributed by atoms with Crippen molar-refractivity contribution in [3.05, 3.63) is 136 Å². The van der Waals surface area contributed by atoms with Gasteiger partial charge in [-0.05, 0) is 82.8 Å². The van der Waals surface area contributed by atoms with Crippen molar-refractivity contribution in [3.63, 3.8) is 0 Å². The number of rotatable bonds is 8. The number of hydrogen-bond acceptors (Lipinski definition) is 6. The van der Waals surface area contributed by atoms with Crippen molar-refractivity contribution in [3.8, 4) is 5.75 Å². The molecule has 2 atom stereocenters. The predicted molar refractivity (Wildman–Crippen MR) is 165 cm³/mol. The van der Waals surface area contributed by atoms with Gasteiger partial charge >= 0.3 is 11.9 Å². The first-order chi connectivity index (χ1) is 21.4. The fraction of sp³-hybridized carbons (Fsp3) is 0.270. The van der Waals surface area contributed by atoms with E-state index >= 15 is 0 Å². The molecule has 1 N–H and O–H groups in total. The van der Waals surface area contributed by atoms with Crippen LogP contribution >= 0.6 is 0 Å². The molecule has 224 valence electrons. The Morgan fingerprint density at radius 1 is 0.773 bits per heavy atom. The lowest BCUT2D eigenvalue weighted by atomic mass is 9.80.